The molecule has 1 aliphatic heterocycles. The van der Waals surface area contributed by atoms with E-state index in [1.54, 1.807) is 0 Å². The topological polar surface area (TPSA) is 38.1 Å². The van der Waals surface area contributed by atoms with E-state index >= 15 is 0 Å². The highest BCUT2D eigenvalue weighted by Crippen LogP contribution is 2.34. The van der Waals surface area contributed by atoms with Crippen LogP contribution in [-0.2, 0) is 11.3 Å². The Kier molecular flexibility index (Phi) is 5.44. The van der Waals surface area contributed by atoms with Gasteiger partial charge < -0.3 is 9.47 Å². The van der Waals surface area contributed by atoms with Gasteiger partial charge in [-0.1, -0.05) is 47.5 Å². The van der Waals surface area contributed by atoms with Crippen molar-refractivity contribution in [2.24, 2.45) is 0 Å². The molecule has 3 aromatic carbocycles. The van der Waals surface area contributed by atoms with Gasteiger partial charge in [0, 0.05) is 31.1 Å². The highest BCUT2D eigenvalue weighted by Gasteiger charge is 2.35. The molecule has 1 amide bonds. The summed E-state index contributed by atoms with van der Waals surface area (Å²) in [5.41, 5.74) is 6.29. The van der Waals surface area contributed by atoms with Crippen LogP contribution in [0.2, 0.25) is 10.0 Å². The Morgan fingerprint density at radius 1 is 0.969 bits per heavy atom. The lowest BCUT2D eigenvalue weighted by Crippen LogP contribution is -2.24. The Morgan fingerprint density at radius 3 is 2.47 bits per heavy atom. The molecule has 1 saturated heterocycles. The number of fused-ring (bicyclic) bond motifs is 1. The van der Waals surface area contributed by atoms with Gasteiger partial charge >= 0.3 is 0 Å². The molecule has 0 aliphatic carbocycles. The maximum atomic E-state index is 13.0. The van der Waals surface area contributed by atoms with Gasteiger partial charge in [-0.05, 0) is 66.9 Å². The van der Waals surface area contributed by atoms with E-state index in [-0.39, 0.29) is 11.8 Å². The van der Waals surface area contributed by atoms with Gasteiger partial charge in [-0.25, -0.2) is 4.98 Å². The molecule has 1 atom stereocenters. The van der Waals surface area contributed by atoms with Crippen LogP contribution in [0.4, 0.5) is 5.69 Å². The lowest BCUT2D eigenvalue weighted by molar-refractivity contribution is -0.117. The SMILES string of the molecule is Cc1cc(C)cc(N2CC(c3nc4ccccc4n3Cc3ccc(Cl)c(Cl)c3)CC2=O)c1. The number of amides is 1. The first-order valence-electron chi connectivity index (χ1n) is 10.7. The molecule has 0 radical (unpaired) electrons. The minimum atomic E-state index is 0.0125. The maximum Gasteiger partial charge on any atom is 0.227 e. The van der Waals surface area contributed by atoms with Crippen molar-refractivity contribution in [2.75, 3.05) is 11.4 Å². The normalized spacial score (nSPS) is 16.3. The lowest BCUT2D eigenvalue weighted by atomic mass is 10.1. The molecule has 32 heavy (non-hydrogen) atoms. The molecular weight excluding hydrogens is 441 g/mol. The van der Waals surface area contributed by atoms with Crippen LogP contribution in [0.5, 0.6) is 0 Å². The molecule has 4 nitrogen and oxygen atoms in total. The van der Waals surface area contributed by atoms with Crippen molar-refractivity contribution in [3.63, 3.8) is 0 Å². The molecule has 1 unspecified atom stereocenters. The summed E-state index contributed by atoms with van der Waals surface area (Å²) in [6, 6.07) is 20.1. The van der Waals surface area contributed by atoms with Crippen molar-refractivity contribution in [3.8, 4) is 0 Å². The van der Waals surface area contributed by atoms with Crippen molar-refractivity contribution >= 4 is 45.8 Å². The lowest BCUT2D eigenvalue weighted by Gasteiger charge is -2.19. The smallest absolute Gasteiger partial charge is 0.227 e. The van der Waals surface area contributed by atoms with Gasteiger partial charge in [0.15, 0.2) is 0 Å². The number of benzene rings is 3. The number of imidazole rings is 1. The second-order valence-electron chi connectivity index (χ2n) is 8.54. The number of hydrogen-bond acceptors (Lipinski definition) is 2. The van der Waals surface area contributed by atoms with Crippen LogP contribution in [0, 0.1) is 13.8 Å². The average molecular weight is 464 g/mol. The van der Waals surface area contributed by atoms with Crippen LogP contribution in [-0.4, -0.2) is 22.0 Å². The fourth-order valence-electron chi connectivity index (χ4n) is 4.63. The summed E-state index contributed by atoms with van der Waals surface area (Å²) < 4.78 is 2.21. The van der Waals surface area contributed by atoms with Gasteiger partial charge in [0.2, 0.25) is 5.91 Å². The summed E-state index contributed by atoms with van der Waals surface area (Å²) in [4.78, 5) is 19.9. The number of rotatable bonds is 4. The fourth-order valence-corrected chi connectivity index (χ4v) is 4.95. The summed E-state index contributed by atoms with van der Waals surface area (Å²) in [6.07, 6.45) is 0.442. The predicted octanol–water partition coefficient (Wildman–Crippen LogP) is 6.53. The van der Waals surface area contributed by atoms with E-state index in [2.05, 4.69) is 42.7 Å². The number of nitrogens with zero attached hydrogens (tertiary/aromatic N) is 3. The number of hydrogen-bond donors (Lipinski definition) is 0. The Bertz CT molecular complexity index is 1320. The quantitative estimate of drug-likeness (QED) is 0.345. The predicted molar refractivity (Wildman–Crippen MR) is 131 cm³/mol. The van der Waals surface area contributed by atoms with Crippen LogP contribution in [0.3, 0.4) is 0 Å². The zero-order valence-corrected chi connectivity index (χ0v) is 19.5. The van der Waals surface area contributed by atoms with Gasteiger partial charge in [0.1, 0.15) is 5.82 Å². The summed E-state index contributed by atoms with van der Waals surface area (Å²) in [6.45, 7) is 5.35. The largest absolute Gasteiger partial charge is 0.323 e. The molecule has 0 spiro atoms. The highest BCUT2D eigenvalue weighted by atomic mass is 35.5. The number of aryl methyl sites for hydroxylation is 2. The van der Waals surface area contributed by atoms with E-state index in [0.29, 0.717) is 29.6 Å². The second kappa shape index (κ2) is 8.27. The van der Waals surface area contributed by atoms with Crippen molar-refractivity contribution in [3.05, 3.63) is 93.2 Å². The number of aromatic nitrogens is 2. The maximum absolute atomic E-state index is 13.0. The Morgan fingerprint density at radius 2 is 1.72 bits per heavy atom. The Hall–Kier alpha value is -2.82. The zero-order chi connectivity index (χ0) is 22.4. The van der Waals surface area contributed by atoms with Crippen LogP contribution < -0.4 is 4.90 Å². The summed E-state index contributed by atoms with van der Waals surface area (Å²) >= 11 is 12.4. The third kappa shape index (κ3) is 3.89. The molecule has 1 fully saturated rings. The van der Waals surface area contributed by atoms with E-state index < -0.39 is 0 Å². The molecule has 0 bridgehead atoms. The minimum Gasteiger partial charge on any atom is -0.323 e. The molecule has 0 saturated carbocycles. The van der Waals surface area contributed by atoms with Gasteiger partial charge in [0.25, 0.3) is 0 Å². The summed E-state index contributed by atoms with van der Waals surface area (Å²) in [5, 5.41) is 1.07. The zero-order valence-electron chi connectivity index (χ0n) is 18.0. The second-order valence-corrected chi connectivity index (χ2v) is 9.36. The summed E-state index contributed by atoms with van der Waals surface area (Å²) in [5.74, 6) is 1.07. The number of para-hydroxylation sites is 2. The van der Waals surface area contributed by atoms with Gasteiger partial charge in [-0.2, -0.15) is 0 Å². The van der Waals surface area contributed by atoms with E-state index in [9.17, 15) is 4.79 Å². The van der Waals surface area contributed by atoms with Crippen molar-refractivity contribution in [2.45, 2.75) is 32.7 Å². The molecule has 2 heterocycles. The molecule has 1 aliphatic rings. The molecule has 6 heteroatoms. The number of anilines is 1. The molecule has 4 aromatic rings. The fraction of sp³-hybridized carbons (Fsp3) is 0.231. The molecule has 0 N–H and O–H groups in total. The van der Waals surface area contributed by atoms with Crippen molar-refractivity contribution in [1.29, 1.82) is 0 Å². The number of halogens is 2. The third-order valence-electron chi connectivity index (χ3n) is 6.02. The first-order valence-corrected chi connectivity index (χ1v) is 11.4. The molecular formula is C26H23Cl2N3O. The minimum absolute atomic E-state index is 0.0125. The Balaban J connectivity index is 1.53. The van der Waals surface area contributed by atoms with Crippen LogP contribution in [0.1, 0.15) is 34.9 Å². The summed E-state index contributed by atoms with van der Waals surface area (Å²) in [7, 11) is 0. The monoisotopic (exact) mass is 463 g/mol. The highest BCUT2D eigenvalue weighted by molar-refractivity contribution is 6.42. The number of carbonyl (C=O) groups is 1. The molecule has 162 valence electrons. The number of carbonyl (C=O) groups excluding carboxylic acids is 1. The first kappa shape index (κ1) is 21.0. The van der Waals surface area contributed by atoms with Gasteiger partial charge in [-0.15, -0.1) is 0 Å². The first-order chi connectivity index (χ1) is 15.4. The third-order valence-corrected chi connectivity index (χ3v) is 6.76. The molecule has 5 rings (SSSR count). The van der Waals surface area contributed by atoms with Crippen LogP contribution in [0.15, 0.2) is 60.7 Å². The van der Waals surface area contributed by atoms with E-state index in [4.69, 9.17) is 28.2 Å². The van der Waals surface area contributed by atoms with Gasteiger partial charge in [-0.3, -0.25) is 4.79 Å². The van der Waals surface area contributed by atoms with Crippen molar-refractivity contribution in [1.82, 2.24) is 9.55 Å². The van der Waals surface area contributed by atoms with Crippen LogP contribution in [0.25, 0.3) is 11.0 Å². The van der Waals surface area contributed by atoms with Crippen LogP contribution >= 0.6 is 23.2 Å². The van der Waals surface area contributed by atoms with Gasteiger partial charge in [0.05, 0.1) is 21.1 Å². The Labute approximate surface area is 197 Å². The van der Waals surface area contributed by atoms with E-state index in [0.717, 1.165) is 39.2 Å². The average Bonchev–Trinajstić information content (AvgIpc) is 3.31. The van der Waals surface area contributed by atoms with E-state index in [1.165, 1.54) is 0 Å². The standard InChI is InChI=1S/C26H23Cl2N3O/c1-16-9-17(2)11-20(10-16)30-15-19(13-25(30)32)26-29-23-5-3-4-6-24(23)31(26)14-18-7-8-21(27)22(28)12-18/h3-12,19H,13-15H2,1-2H3. The molecule has 1 aromatic heterocycles. The van der Waals surface area contributed by atoms with Crippen molar-refractivity contribution < 1.29 is 4.79 Å². The van der Waals surface area contributed by atoms with E-state index in [1.807, 2.05) is 41.3 Å².